The van der Waals surface area contributed by atoms with Crippen LogP contribution >= 0.6 is 0 Å². The van der Waals surface area contributed by atoms with Crippen LogP contribution in [0.5, 0.6) is 0 Å². The number of carboxylic acid groups (broad SMARTS) is 1. The monoisotopic (exact) mass is 342 g/mol. The maximum Gasteiger partial charge on any atom is 0.527 e. The Morgan fingerprint density at radius 2 is 1.24 bits per heavy atom. The summed E-state index contributed by atoms with van der Waals surface area (Å²) in [5.41, 5.74) is 3.98. The number of nitrogens with one attached hydrogen (secondary N) is 1. The summed E-state index contributed by atoms with van der Waals surface area (Å²) in [4.78, 5) is 8.90. The molecule has 0 spiro atoms. The van der Waals surface area contributed by atoms with Gasteiger partial charge in [0.2, 0.25) is 0 Å². The molecule has 0 fully saturated rings. The molecule has 0 aliphatic carbocycles. The lowest BCUT2D eigenvalue weighted by atomic mass is 10.3. The summed E-state index contributed by atoms with van der Waals surface area (Å²) in [6, 6.07) is 0. The van der Waals surface area contributed by atoms with Crippen molar-refractivity contribution in [3.8, 4) is 0 Å². The Morgan fingerprint density at radius 3 is 1.38 bits per heavy atom. The number of nitrogens with two attached hydrogens (primary N) is 1. The van der Waals surface area contributed by atoms with E-state index >= 15 is 0 Å². The van der Waals surface area contributed by atoms with Gasteiger partial charge in [-0.05, 0) is 0 Å². The summed E-state index contributed by atoms with van der Waals surface area (Å²) < 4.78 is 116. The van der Waals surface area contributed by atoms with Crippen molar-refractivity contribution in [1.29, 1.82) is 5.41 Å². The highest BCUT2D eigenvalue weighted by atomic mass is 19.4. The fourth-order valence-electron chi connectivity index (χ4n) is 0.366. The lowest BCUT2D eigenvalue weighted by molar-refractivity contribution is -0.455. The molecule has 0 aliphatic heterocycles. The van der Waals surface area contributed by atoms with Crippen LogP contribution in [0.4, 0.5) is 43.9 Å². The average molecular weight is 342 g/mol. The number of hydrogen-bond donors (Lipinski definition) is 3. The van der Waals surface area contributed by atoms with Crippen molar-refractivity contribution in [2.45, 2.75) is 24.6 Å². The summed E-state index contributed by atoms with van der Waals surface area (Å²) in [6.45, 7) is 0. The summed E-state index contributed by atoms with van der Waals surface area (Å²) in [5.74, 6) is -10.7. The van der Waals surface area contributed by atoms with Gasteiger partial charge >= 0.3 is 30.5 Å². The fraction of sp³-hybridized carbons (Fsp3) is 0.667. The maximum absolute atomic E-state index is 12.1. The second kappa shape index (κ2) is 6.31. The summed E-state index contributed by atoms with van der Waals surface area (Å²) in [7, 11) is 0. The Balaban J connectivity index is 0. The van der Waals surface area contributed by atoms with Gasteiger partial charge in [0.05, 0.1) is 0 Å². The highest BCUT2D eigenvalue weighted by molar-refractivity contribution is 5.85. The zero-order valence-electron chi connectivity index (χ0n) is 9.12. The van der Waals surface area contributed by atoms with Crippen LogP contribution in [-0.4, -0.2) is 41.5 Å². The van der Waals surface area contributed by atoms with Gasteiger partial charge in [0.15, 0.2) is 5.84 Å². The fourth-order valence-corrected chi connectivity index (χ4v) is 0.366. The lowest BCUT2D eigenvalue weighted by Crippen LogP contribution is -2.53. The van der Waals surface area contributed by atoms with Gasteiger partial charge in [-0.25, -0.2) is 9.53 Å². The first-order valence-electron chi connectivity index (χ1n) is 4.01. The van der Waals surface area contributed by atoms with E-state index in [0.717, 1.165) is 0 Å². The molecular formula is C6H4F10N2O3. The second-order valence-electron chi connectivity index (χ2n) is 2.86. The van der Waals surface area contributed by atoms with Crippen molar-refractivity contribution in [1.82, 2.24) is 0 Å². The number of alkyl halides is 10. The molecule has 4 N–H and O–H groups in total. The van der Waals surface area contributed by atoms with Gasteiger partial charge in [0, 0.05) is 0 Å². The molecule has 0 atom stereocenters. The minimum atomic E-state index is -5.96. The molecule has 0 heterocycles. The number of hydrogen-bond acceptors (Lipinski definition) is 3. The molecular weight excluding hydrogens is 338 g/mol. The number of carbonyl (C=O) groups is 1. The average Bonchev–Trinajstić information content (AvgIpc) is 2.12. The van der Waals surface area contributed by atoms with Crippen molar-refractivity contribution >= 4 is 11.8 Å². The standard InChI is InChI=1S/C4H3F7N2O.C2HF3O2/c5-2(6,1(12)13)3(7,8)14-4(9,10)11;3-2(4,5)1(6)7/h(H3,12,13);(H,6,7). The molecule has 0 unspecified atom stereocenters. The second-order valence-corrected chi connectivity index (χ2v) is 2.86. The van der Waals surface area contributed by atoms with Crippen LogP contribution in [-0.2, 0) is 9.53 Å². The molecule has 0 aromatic carbocycles. The maximum atomic E-state index is 12.1. The van der Waals surface area contributed by atoms with Gasteiger partial charge < -0.3 is 10.8 Å². The van der Waals surface area contributed by atoms with Crippen LogP contribution in [0.15, 0.2) is 0 Å². The number of aliphatic carboxylic acids is 1. The van der Waals surface area contributed by atoms with Crippen LogP contribution in [0.3, 0.4) is 0 Å². The third kappa shape index (κ3) is 7.52. The van der Waals surface area contributed by atoms with Crippen LogP contribution in [0.25, 0.3) is 0 Å². The molecule has 5 nitrogen and oxygen atoms in total. The molecule has 0 amide bonds. The largest absolute Gasteiger partial charge is 0.527 e. The van der Waals surface area contributed by atoms with Crippen LogP contribution < -0.4 is 5.73 Å². The van der Waals surface area contributed by atoms with Crippen molar-refractivity contribution in [3.05, 3.63) is 0 Å². The van der Waals surface area contributed by atoms with Gasteiger partial charge in [-0.15, -0.1) is 13.2 Å². The highest BCUT2D eigenvalue weighted by Crippen LogP contribution is 2.39. The molecule has 0 radical (unpaired) electrons. The minimum absolute atomic E-state index is 1.85. The molecule has 0 aromatic rings. The van der Waals surface area contributed by atoms with Gasteiger partial charge in [-0.3, -0.25) is 5.41 Å². The van der Waals surface area contributed by atoms with E-state index in [2.05, 4.69) is 5.73 Å². The van der Waals surface area contributed by atoms with Crippen LogP contribution in [0.2, 0.25) is 0 Å². The van der Waals surface area contributed by atoms with Crippen molar-refractivity contribution in [3.63, 3.8) is 0 Å². The Bertz CT molecular complexity index is 387. The number of amidine groups is 1. The van der Waals surface area contributed by atoms with Gasteiger partial charge in [0.25, 0.3) is 0 Å². The van der Waals surface area contributed by atoms with E-state index in [0.29, 0.717) is 0 Å². The molecule has 21 heavy (non-hydrogen) atoms. The number of ether oxygens (including phenoxy) is 1. The smallest absolute Gasteiger partial charge is 0.475 e. The summed E-state index contributed by atoms with van der Waals surface area (Å²) >= 11 is 0. The Morgan fingerprint density at radius 1 is 0.952 bits per heavy atom. The normalized spacial score (nSPS) is 13.2. The Kier molecular flexibility index (Phi) is 6.46. The first-order chi connectivity index (χ1) is 8.84. The number of carboxylic acids is 1. The Hall–Kier alpha value is -1.80. The molecule has 126 valence electrons. The van der Waals surface area contributed by atoms with Gasteiger partial charge in [-0.2, -0.15) is 30.7 Å². The molecule has 0 aliphatic rings. The molecule has 0 aromatic heterocycles. The summed E-state index contributed by atoms with van der Waals surface area (Å²) in [5, 5.41) is 13.1. The first-order valence-corrected chi connectivity index (χ1v) is 4.01. The topological polar surface area (TPSA) is 96.4 Å². The zero-order chi connectivity index (χ0) is 17.9. The SMILES string of the molecule is N=C(N)C(F)(F)C(F)(F)OC(F)(F)F.O=C(O)C(F)(F)F. The minimum Gasteiger partial charge on any atom is -0.475 e. The highest BCUT2D eigenvalue weighted by Gasteiger charge is 2.65. The van der Waals surface area contributed by atoms with E-state index in [1.54, 1.807) is 0 Å². The van der Waals surface area contributed by atoms with Gasteiger partial charge in [-0.1, -0.05) is 0 Å². The predicted molar refractivity (Wildman–Crippen MR) is 42.6 cm³/mol. The first kappa shape index (κ1) is 21.5. The number of halogens is 10. The lowest BCUT2D eigenvalue weighted by Gasteiger charge is -2.25. The Labute approximate surface area is 107 Å². The van der Waals surface area contributed by atoms with Crippen LogP contribution in [0, 0.1) is 5.41 Å². The molecule has 0 rings (SSSR count). The molecule has 0 saturated heterocycles. The summed E-state index contributed by atoms with van der Waals surface area (Å²) in [6.07, 6.45) is -16.9. The van der Waals surface area contributed by atoms with E-state index in [1.807, 2.05) is 4.74 Å². The third-order valence-corrected chi connectivity index (χ3v) is 1.19. The van der Waals surface area contributed by atoms with Crippen LogP contribution in [0.1, 0.15) is 0 Å². The van der Waals surface area contributed by atoms with Crippen molar-refractivity contribution in [2.75, 3.05) is 0 Å². The molecule has 0 bridgehead atoms. The van der Waals surface area contributed by atoms with E-state index in [4.69, 9.17) is 15.3 Å². The third-order valence-electron chi connectivity index (χ3n) is 1.19. The van der Waals surface area contributed by atoms with E-state index in [1.165, 1.54) is 0 Å². The van der Waals surface area contributed by atoms with Crippen molar-refractivity contribution in [2.24, 2.45) is 5.73 Å². The quantitative estimate of drug-likeness (QED) is 0.417. The molecule has 0 saturated carbocycles. The molecule has 15 heteroatoms. The van der Waals surface area contributed by atoms with Crippen molar-refractivity contribution < 1.29 is 58.5 Å². The predicted octanol–water partition coefficient (Wildman–Crippen LogP) is 2.32. The number of rotatable bonds is 3. The van der Waals surface area contributed by atoms with E-state index in [9.17, 15) is 43.9 Å². The van der Waals surface area contributed by atoms with E-state index < -0.39 is 36.4 Å². The zero-order valence-corrected chi connectivity index (χ0v) is 9.12. The van der Waals surface area contributed by atoms with E-state index in [-0.39, 0.29) is 0 Å². The van der Waals surface area contributed by atoms with Gasteiger partial charge in [0.1, 0.15) is 0 Å².